The van der Waals surface area contributed by atoms with Crippen molar-refractivity contribution in [3.8, 4) is 0 Å². The van der Waals surface area contributed by atoms with Gasteiger partial charge in [-0.1, -0.05) is 6.07 Å². The molecule has 5 heteroatoms. The molecule has 1 heterocycles. The maximum absolute atomic E-state index is 10.9. The third kappa shape index (κ3) is 2.92. The van der Waals surface area contributed by atoms with Crippen molar-refractivity contribution in [1.82, 2.24) is 4.98 Å². The molecule has 5 nitrogen and oxygen atoms in total. The predicted octanol–water partition coefficient (Wildman–Crippen LogP) is -0.148. The quantitative estimate of drug-likeness (QED) is 0.704. The Morgan fingerprint density at radius 1 is 1.60 bits per heavy atom. The van der Waals surface area contributed by atoms with Crippen LogP contribution in [-0.2, 0) is 11.3 Å². The first-order valence-corrected chi connectivity index (χ1v) is 4.86. The molecule has 0 aliphatic rings. The second-order valence-electron chi connectivity index (χ2n) is 3.17. The van der Waals surface area contributed by atoms with Crippen LogP contribution in [0.5, 0.6) is 0 Å². The van der Waals surface area contributed by atoms with E-state index in [1.165, 1.54) is 0 Å². The van der Waals surface area contributed by atoms with Crippen molar-refractivity contribution in [2.24, 2.45) is 11.5 Å². The number of primary amides is 1. The van der Waals surface area contributed by atoms with E-state index in [1.54, 1.807) is 6.20 Å². The van der Waals surface area contributed by atoms with Gasteiger partial charge in [-0.3, -0.25) is 4.79 Å². The molecule has 0 atom stereocenters. The van der Waals surface area contributed by atoms with E-state index in [2.05, 4.69) is 4.98 Å². The number of carbonyl (C=O) groups excluding carboxylic acids is 1. The Balaban J connectivity index is 2.95. The summed E-state index contributed by atoms with van der Waals surface area (Å²) in [5.74, 6) is 0.367. The molecule has 0 spiro atoms. The van der Waals surface area contributed by atoms with Crippen molar-refractivity contribution in [3.63, 3.8) is 0 Å². The van der Waals surface area contributed by atoms with E-state index in [-0.39, 0.29) is 12.5 Å². The standard InChI is InChI=1S/C10H16N4O/c1-2-14(7-9(12)15)10-8(6-11)4-3-5-13-10/h3-5H,2,6-7,11H2,1H3,(H2,12,15). The van der Waals surface area contributed by atoms with E-state index in [4.69, 9.17) is 11.5 Å². The minimum atomic E-state index is -0.370. The van der Waals surface area contributed by atoms with Gasteiger partial charge in [-0.15, -0.1) is 0 Å². The maximum Gasteiger partial charge on any atom is 0.236 e. The highest BCUT2D eigenvalue weighted by Crippen LogP contribution is 2.15. The van der Waals surface area contributed by atoms with Gasteiger partial charge in [0.25, 0.3) is 0 Å². The van der Waals surface area contributed by atoms with Crippen LogP contribution in [0.3, 0.4) is 0 Å². The normalized spacial score (nSPS) is 10.0. The minimum absolute atomic E-state index is 0.167. The van der Waals surface area contributed by atoms with Gasteiger partial charge in [0.05, 0.1) is 6.54 Å². The van der Waals surface area contributed by atoms with Crippen LogP contribution in [0.25, 0.3) is 0 Å². The van der Waals surface area contributed by atoms with Gasteiger partial charge in [-0.2, -0.15) is 0 Å². The van der Waals surface area contributed by atoms with E-state index in [9.17, 15) is 4.79 Å². The molecule has 1 rings (SSSR count). The fourth-order valence-corrected chi connectivity index (χ4v) is 1.40. The van der Waals surface area contributed by atoms with Gasteiger partial charge in [-0.25, -0.2) is 4.98 Å². The molecular formula is C10H16N4O. The van der Waals surface area contributed by atoms with Crippen molar-refractivity contribution in [2.75, 3.05) is 18.0 Å². The molecule has 1 amide bonds. The SMILES string of the molecule is CCN(CC(N)=O)c1ncccc1CN. The van der Waals surface area contributed by atoms with Crippen LogP contribution >= 0.6 is 0 Å². The van der Waals surface area contributed by atoms with E-state index < -0.39 is 0 Å². The highest BCUT2D eigenvalue weighted by atomic mass is 16.1. The monoisotopic (exact) mass is 208 g/mol. The molecule has 0 fully saturated rings. The second-order valence-corrected chi connectivity index (χ2v) is 3.17. The topological polar surface area (TPSA) is 85.2 Å². The highest BCUT2D eigenvalue weighted by molar-refractivity contribution is 5.79. The van der Waals surface area contributed by atoms with Crippen molar-refractivity contribution < 1.29 is 4.79 Å². The molecule has 0 saturated carbocycles. The molecule has 15 heavy (non-hydrogen) atoms. The number of aromatic nitrogens is 1. The number of hydrogen-bond donors (Lipinski definition) is 2. The lowest BCUT2D eigenvalue weighted by atomic mass is 10.2. The summed E-state index contributed by atoms with van der Waals surface area (Å²) in [5.41, 5.74) is 11.7. The number of likely N-dealkylation sites (N-methyl/N-ethyl adjacent to an activating group) is 1. The number of nitrogens with two attached hydrogens (primary N) is 2. The van der Waals surface area contributed by atoms with Gasteiger partial charge >= 0.3 is 0 Å². The van der Waals surface area contributed by atoms with Crippen molar-refractivity contribution in [3.05, 3.63) is 23.9 Å². The predicted molar refractivity (Wildman–Crippen MR) is 59.2 cm³/mol. The summed E-state index contributed by atoms with van der Waals surface area (Å²) in [5, 5.41) is 0. The molecule has 0 unspecified atom stereocenters. The van der Waals surface area contributed by atoms with Gasteiger partial charge in [0.15, 0.2) is 0 Å². The number of nitrogens with zero attached hydrogens (tertiary/aromatic N) is 2. The zero-order chi connectivity index (χ0) is 11.3. The number of rotatable bonds is 5. The fraction of sp³-hybridized carbons (Fsp3) is 0.400. The summed E-state index contributed by atoms with van der Waals surface area (Å²) < 4.78 is 0. The van der Waals surface area contributed by atoms with Gasteiger partial charge in [0.2, 0.25) is 5.91 Å². The van der Waals surface area contributed by atoms with Gasteiger partial charge in [-0.05, 0) is 13.0 Å². The zero-order valence-corrected chi connectivity index (χ0v) is 8.81. The lowest BCUT2D eigenvalue weighted by Crippen LogP contribution is -2.35. The number of carbonyl (C=O) groups is 1. The van der Waals surface area contributed by atoms with Gasteiger partial charge in [0, 0.05) is 24.8 Å². The van der Waals surface area contributed by atoms with Crippen LogP contribution in [-0.4, -0.2) is 24.0 Å². The van der Waals surface area contributed by atoms with E-state index >= 15 is 0 Å². The molecule has 0 bridgehead atoms. The third-order valence-corrected chi connectivity index (χ3v) is 2.12. The Morgan fingerprint density at radius 3 is 2.87 bits per heavy atom. The van der Waals surface area contributed by atoms with Crippen LogP contribution < -0.4 is 16.4 Å². The van der Waals surface area contributed by atoms with Crippen LogP contribution in [0.15, 0.2) is 18.3 Å². The van der Waals surface area contributed by atoms with E-state index in [0.717, 1.165) is 11.4 Å². The van der Waals surface area contributed by atoms with Gasteiger partial charge in [0.1, 0.15) is 5.82 Å². The summed E-state index contributed by atoms with van der Waals surface area (Å²) in [6, 6.07) is 3.72. The lowest BCUT2D eigenvalue weighted by molar-refractivity contribution is -0.116. The Morgan fingerprint density at radius 2 is 2.33 bits per heavy atom. The number of anilines is 1. The van der Waals surface area contributed by atoms with Gasteiger partial charge < -0.3 is 16.4 Å². The summed E-state index contributed by atoms with van der Waals surface area (Å²) in [7, 11) is 0. The Labute approximate surface area is 89.1 Å². The Kier molecular flexibility index (Phi) is 4.05. The largest absolute Gasteiger partial charge is 0.368 e. The van der Waals surface area contributed by atoms with Crippen LogP contribution in [0.1, 0.15) is 12.5 Å². The molecule has 0 radical (unpaired) electrons. The average Bonchev–Trinajstić information content (AvgIpc) is 2.25. The van der Waals surface area contributed by atoms with Crippen LogP contribution in [0.4, 0.5) is 5.82 Å². The summed E-state index contributed by atoms with van der Waals surface area (Å²) in [4.78, 5) is 16.9. The number of amides is 1. The average molecular weight is 208 g/mol. The Hall–Kier alpha value is -1.62. The first-order valence-electron chi connectivity index (χ1n) is 4.86. The summed E-state index contributed by atoms with van der Waals surface area (Å²) in [6.07, 6.45) is 1.68. The molecule has 1 aromatic rings. The fourth-order valence-electron chi connectivity index (χ4n) is 1.40. The molecule has 0 aromatic carbocycles. The molecule has 4 N–H and O–H groups in total. The highest BCUT2D eigenvalue weighted by Gasteiger charge is 2.11. The van der Waals surface area contributed by atoms with Crippen molar-refractivity contribution in [1.29, 1.82) is 0 Å². The minimum Gasteiger partial charge on any atom is -0.368 e. The second kappa shape index (κ2) is 5.31. The molecule has 0 aliphatic carbocycles. The molecule has 0 aliphatic heterocycles. The molecule has 1 aromatic heterocycles. The lowest BCUT2D eigenvalue weighted by Gasteiger charge is -2.22. The maximum atomic E-state index is 10.9. The van der Waals surface area contributed by atoms with Crippen LogP contribution in [0, 0.1) is 0 Å². The Bertz CT molecular complexity index is 340. The van der Waals surface area contributed by atoms with E-state index in [0.29, 0.717) is 13.1 Å². The number of hydrogen-bond acceptors (Lipinski definition) is 4. The van der Waals surface area contributed by atoms with Crippen molar-refractivity contribution in [2.45, 2.75) is 13.5 Å². The summed E-state index contributed by atoms with van der Waals surface area (Å²) in [6.45, 7) is 3.18. The summed E-state index contributed by atoms with van der Waals surface area (Å²) >= 11 is 0. The third-order valence-electron chi connectivity index (χ3n) is 2.12. The van der Waals surface area contributed by atoms with E-state index in [1.807, 2.05) is 24.0 Å². The smallest absolute Gasteiger partial charge is 0.236 e. The first-order chi connectivity index (χ1) is 7.19. The molecular weight excluding hydrogens is 192 g/mol. The molecule has 0 saturated heterocycles. The zero-order valence-electron chi connectivity index (χ0n) is 8.81. The number of pyridine rings is 1. The van der Waals surface area contributed by atoms with Crippen LogP contribution in [0.2, 0.25) is 0 Å². The first kappa shape index (κ1) is 11.5. The molecule has 82 valence electrons. The van der Waals surface area contributed by atoms with Crippen molar-refractivity contribution >= 4 is 11.7 Å².